The Morgan fingerprint density at radius 1 is 1.24 bits per heavy atom. The normalized spacial score (nSPS) is 15.5. The van der Waals surface area contributed by atoms with Gasteiger partial charge in [0.05, 0.1) is 10.8 Å². The molecule has 1 aromatic rings. The lowest BCUT2D eigenvalue weighted by molar-refractivity contribution is -0.142. The summed E-state index contributed by atoms with van der Waals surface area (Å²) in [6.07, 6.45) is 0.343. The van der Waals surface area contributed by atoms with Gasteiger partial charge in [0.2, 0.25) is 5.91 Å². The van der Waals surface area contributed by atoms with E-state index >= 15 is 0 Å². The van der Waals surface area contributed by atoms with Gasteiger partial charge in [0.1, 0.15) is 19.3 Å². The second-order valence-corrected chi connectivity index (χ2v) is 7.76. The molecule has 0 spiro atoms. The Bertz CT molecular complexity index is 661. The minimum atomic E-state index is -1.38. The first kappa shape index (κ1) is 19.2. The van der Waals surface area contributed by atoms with E-state index in [0.29, 0.717) is 36.0 Å². The lowest BCUT2D eigenvalue weighted by atomic mass is 10.0. The molecule has 7 nitrogen and oxygen atoms in total. The van der Waals surface area contributed by atoms with Crippen LogP contribution >= 0.6 is 0 Å². The van der Waals surface area contributed by atoms with Crippen molar-refractivity contribution in [2.75, 3.05) is 19.0 Å². The Labute approximate surface area is 149 Å². The van der Waals surface area contributed by atoms with Crippen LogP contribution in [0.2, 0.25) is 0 Å². The lowest BCUT2D eigenvalue weighted by Gasteiger charge is -2.18. The van der Waals surface area contributed by atoms with E-state index in [1.54, 1.807) is 18.2 Å². The van der Waals surface area contributed by atoms with Gasteiger partial charge in [-0.25, -0.2) is 4.79 Å². The highest BCUT2D eigenvalue weighted by molar-refractivity contribution is 7.85. The van der Waals surface area contributed by atoms with E-state index in [2.05, 4.69) is 5.32 Å². The van der Waals surface area contributed by atoms with E-state index < -0.39 is 28.7 Å². The number of hydrogen-bond acceptors (Lipinski definition) is 5. The molecule has 1 amide bonds. The molecule has 2 rings (SSSR count). The van der Waals surface area contributed by atoms with Gasteiger partial charge in [0, 0.05) is 23.1 Å². The number of fused-ring (bicyclic) bond motifs is 1. The fourth-order valence-electron chi connectivity index (χ4n) is 2.43. The summed E-state index contributed by atoms with van der Waals surface area (Å²) in [6.45, 7) is 4.70. The van der Waals surface area contributed by atoms with Crippen LogP contribution in [-0.4, -0.2) is 46.2 Å². The highest BCUT2D eigenvalue weighted by Crippen LogP contribution is 2.31. The zero-order valence-corrected chi connectivity index (χ0v) is 15.1. The number of ether oxygens (including phenoxy) is 2. The van der Waals surface area contributed by atoms with Crippen molar-refractivity contribution in [2.45, 2.75) is 37.6 Å². The zero-order chi connectivity index (χ0) is 18.4. The van der Waals surface area contributed by atoms with Crippen LogP contribution in [-0.2, 0) is 20.4 Å². The number of nitrogens with one attached hydrogen (secondary N) is 1. The summed E-state index contributed by atoms with van der Waals surface area (Å²) >= 11 is 0. The molecular weight excluding hydrogens is 346 g/mol. The molecule has 138 valence electrons. The third-order valence-corrected chi connectivity index (χ3v) is 4.99. The van der Waals surface area contributed by atoms with Crippen molar-refractivity contribution in [3.63, 3.8) is 0 Å². The summed E-state index contributed by atoms with van der Waals surface area (Å²) in [7, 11) is -1.38. The van der Waals surface area contributed by atoms with Crippen molar-refractivity contribution in [2.24, 2.45) is 5.92 Å². The van der Waals surface area contributed by atoms with Crippen LogP contribution in [0.1, 0.15) is 26.7 Å². The standard InChI is InChI=1S/C17H23NO6S/c1-11(2)9-13(17(20)21)18-16(19)5-8-25(22)12-3-4-14-15(10-12)24-7-6-23-14/h3-4,10-11,13H,5-9H2,1-2H3,(H,18,19)(H,20,21)/t13-,25?/m1/s1. The van der Waals surface area contributed by atoms with Gasteiger partial charge in [0.15, 0.2) is 11.5 Å². The minimum absolute atomic E-state index is 0.0110. The molecule has 0 fully saturated rings. The molecule has 0 aliphatic carbocycles. The van der Waals surface area contributed by atoms with E-state index in [-0.39, 0.29) is 18.1 Å². The van der Waals surface area contributed by atoms with Crippen LogP contribution in [0.3, 0.4) is 0 Å². The van der Waals surface area contributed by atoms with Gasteiger partial charge in [0.25, 0.3) is 0 Å². The summed E-state index contributed by atoms with van der Waals surface area (Å²) < 4.78 is 23.2. The first-order valence-electron chi connectivity index (χ1n) is 8.17. The van der Waals surface area contributed by atoms with Crippen molar-refractivity contribution < 1.29 is 28.4 Å². The average Bonchev–Trinajstić information content (AvgIpc) is 2.58. The highest BCUT2D eigenvalue weighted by atomic mass is 32.2. The topological polar surface area (TPSA) is 102 Å². The van der Waals surface area contributed by atoms with Crippen molar-refractivity contribution in [3.8, 4) is 11.5 Å². The molecule has 0 aromatic heterocycles. The predicted octanol–water partition coefficient (Wildman–Crippen LogP) is 1.57. The number of carbonyl (C=O) groups is 2. The maximum Gasteiger partial charge on any atom is 0.326 e. The molecular formula is C17H23NO6S. The van der Waals surface area contributed by atoms with Crippen LogP contribution < -0.4 is 14.8 Å². The van der Waals surface area contributed by atoms with Crippen molar-refractivity contribution in [3.05, 3.63) is 18.2 Å². The van der Waals surface area contributed by atoms with Gasteiger partial charge in [-0.2, -0.15) is 0 Å². The number of carboxylic acids is 1. The van der Waals surface area contributed by atoms with Crippen LogP contribution in [0, 0.1) is 5.92 Å². The summed E-state index contributed by atoms with van der Waals surface area (Å²) in [5.41, 5.74) is 0. The molecule has 1 aliphatic rings. The summed E-state index contributed by atoms with van der Waals surface area (Å²) in [6, 6.07) is 4.11. The number of benzene rings is 1. The quantitative estimate of drug-likeness (QED) is 0.721. The van der Waals surface area contributed by atoms with E-state index in [0.717, 1.165) is 0 Å². The third kappa shape index (κ3) is 5.74. The number of rotatable bonds is 8. The van der Waals surface area contributed by atoms with Gasteiger partial charge in [-0.05, 0) is 24.5 Å². The minimum Gasteiger partial charge on any atom is -0.486 e. The molecule has 0 radical (unpaired) electrons. The molecule has 25 heavy (non-hydrogen) atoms. The van der Waals surface area contributed by atoms with Crippen LogP contribution in [0.15, 0.2) is 23.1 Å². The molecule has 8 heteroatoms. The second-order valence-electron chi connectivity index (χ2n) is 6.19. The van der Waals surface area contributed by atoms with Gasteiger partial charge in [-0.3, -0.25) is 9.00 Å². The second kappa shape index (κ2) is 8.84. The van der Waals surface area contributed by atoms with E-state index in [9.17, 15) is 13.8 Å². The maximum atomic E-state index is 12.4. The summed E-state index contributed by atoms with van der Waals surface area (Å²) in [5, 5.41) is 11.6. The van der Waals surface area contributed by atoms with Crippen molar-refractivity contribution >= 4 is 22.7 Å². The molecule has 2 N–H and O–H groups in total. The SMILES string of the molecule is CC(C)C[C@@H](NC(=O)CCS(=O)c1ccc2c(c1)OCCO2)C(=O)O. The molecule has 0 saturated heterocycles. The fourth-order valence-corrected chi connectivity index (χ4v) is 3.49. The molecule has 0 bridgehead atoms. The molecule has 1 aromatic carbocycles. The van der Waals surface area contributed by atoms with Crippen LogP contribution in [0.25, 0.3) is 0 Å². The van der Waals surface area contributed by atoms with Gasteiger partial charge in [-0.15, -0.1) is 0 Å². The average molecular weight is 369 g/mol. The smallest absolute Gasteiger partial charge is 0.326 e. The Morgan fingerprint density at radius 2 is 1.92 bits per heavy atom. The largest absolute Gasteiger partial charge is 0.486 e. The Hall–Kier alpha value is -2.09. The fraction of sp³-hybridized carbons (Fsp3) is 0.529. The predicted molar refractivity (Wildman–Crippen MR) is 92.3 cm³/mol. The number of amides is 1. The van der Waals surface area contributed by atoms with Gasteiger partial charge >= 0.3 is 5.97 Å². The zero-order valence-electron chi connectivity index (χ0n) is 14.3. The Kier molecular flexibility index (Phi) is 6.81. The Morgan fingerprint density at radius 3 is 2.56 bits per heavy atom. The first-order valence-corrected chi connectivity index (χ1v) is 9.49. The Balaban J connectivity index is 1.88. The van der Waals surface area contributed by atoms with Crippen LogP contribution in [0.4, 0.5) is 0 Å². The van der Waals surface area contributed by atoms with Gasteiger partial charge in [-0.1, -0.05) is 13.8 Å². The molecule has 1 heterocycles. The molecule has 1 aliphatic heterocycles. The number of aliphatic carboxylic acids is 1. The van der Waals surface area contributed by atoms with Crippen molar-refractivity contribution in [1.82, 2.24) is 5.32 Å². The molecule has 1 unspecified atom stereocenters. The van der Waals surface area contributed by atoms with Gasteiger partial charge < -0.3 is 19.9 Å². The van der Waals surface area contributed by atoms with Crippen LogP contribution in [0.5, 0.6) is 11.5 Å². The number of hydrogen-bond donors (Lipinski definition) is 2. The molecule has 0 saturated carbocycles. The van der Waals surface area contributed by atoms with E-state index in [1.807, 2.05) is 13.8 Å². The van der Waals surface area contributed by atoms with Crippen molar-refractivity contribution in [1.29, 1.82) is 0 Å². The third-order valence-electron chi connectivity index (χ3n) is 3.63. The van der Waals surface area contributed by atoms with E-state index in [1.165, 1.54) is 0 Å². The summed E-state index contributed by atoms with van der Waals surface area (Å²) in [4.78, 5) is 23.7. The number of carbonyl (C=O) groups excluding carboxylic acids is 1. The van der Waals surface area contributed by atoms with E-state index in [4.69, 9.17) is 14.6 Å². The maximum absolute atomic E-state index is 12.4. The lowest BCUT2D eigenvalue weighted by Crippen LogP contribution is -2.42. The summed E-state index contributed by atoms with van der Waals surface area (Å²) in [5.74, 6) is -0.0613. The highest BCUT2D eigenvalue weighted by Gasteiger charge is 2.21. The monoisotopic (exact) mass is 369 g/mol. The first-order chi connectivity index (χ1) is 11.9. The molecule has 2 atom stereocenters. The number of carboxylic acid groups (broad SMARTS) is 1.